The molecule has 0 aromatic heterocycles. The third kappa shape index (κ3) is 2.84. The van der Waals surface area contributed by atoms with Crippen LogP contribution in [-0.2, 0) is 9.59 Å². The van der Waals surface area contributed by atoms with E-state index < -0.39 is 24.1 Å². The van der Waals surface area contributed by atoms with E-state index in [2.05, 4.69) is 0 Å². The van der Waals surface area contributed by atoms with E-state index in [0.29, 0.717) is 30.4 Å². The van der Waals surface area contributed by atoms with E-state index in [1.165, 1.54) is 6.07 Å². The van der Waals surface area contributed by atoms with Crippen LogP contribution in [0.2, 0.25) is 10.0 Å². The topological polar surface area (TPSA) is 83.8 Å². The molecule has 1 aromatic rings. The number of carboxylic acid groups (broad SMARTS) is 1. The number of allylic oxidation sites excluding steroid dienone is 1. The van der Waals surface area contributed by atoms with Crippen molar-refractivity contribution in [1.82, 2.24) is 0 Å². The number of aliphatic carboxylic acids is 1. The highest BCUT2D eigenvalue weighted by atomic mass is 35.5. The summed E-state index contributed by atoms with van der Waals surface area (Å²) < 4.78 is 5.21. The zero-order valence-electron chi connectivity index (χ0n) is 13.6. The van der Waals surface area contributed by atoms with Crippen molar-refractivity contribution in [2.24, 2.45) is 5.41 Å². The lowest BCUT2D eigenvalue weighted by atomic mass is 9.68. The van der Waals surface area contributed by atoms with E-state index in [1.54, 1.807) is 6.08 Å². The molecule has 2 atom stereocenters. The van der Waals surface area contributed by atoms with Gasteiger partial charge < -0.3 is 14.9 Å². The zero-order valence-corrected chi connectivity index (χ0v) is 15.2. The molecule has 0 saturated heterocycles. The second-order valence-corrected chi connectivity index (χ2v) is 7.24. The van der Waals surface area contributed by atoms with Crippen LogP contribution in [0, 0.1) is 5.41 Å². The fourth-order valence-corrected chi connectivity index (χ4v) is 4.47. The first-order valence-electron chi connectivity index (χ1n) is 8.11. The van der Waals surface area contributed by atoms with Crippen molar-refractivity contribution in [3.63, 3.8) is 0 Å². The summed E-state index contributed by atoms with van der Waals surface area (Å²) >= 11 is 12.7. The molecule has 0 saturated carbocycles. The molecular weight excluding hydrogens is 367 g/mol. The van der Waals surface area contributed by atoms with E-state index in [9.17, 15) is 14.7 Å². The average molecular weight is 385 g/mol. The van der Waals surface area contributed by atoms with Gasteiger partial charge in [0.25, 0.3) is 0 Å². The van der Waals surface area contributed by atoms with E-state index >= 15 is 0 Å². The van der Waals surface area contributed by atoms with Crippen molar-refractivity contribution in [1.29, 1.82) is 0 Å². The molecule has 0 spiro atoms. The Morgan fingerprint density at radius 2 is 2.12 bits per heavy atom. The van der Waals surface area contributed by atoms with Crippen LogP contribution in [0.15, 0.2) is 12.1 Å². The van der Waals surface area contributed by atoms with E-state index in [-0.39, 0.29) is 21.6 Å². The lowest BCUT2D eigenvalue weighted by molar-refractivity contribution is -0.139. The molecule has 134 valence electrons. The normalized spacial score (nSPS) is 24.6. The minimum atomic E-state index is -1.14. The van der Waals surface area contributed by atoms with Gasteiger partial charge in [-0.3, -0.25) is 4.79 Å². The van der Waals surface area contributed by atoms with Gasteiger partial charge >= 0.3 is 5.97 Å². The van der Waals surface area contributed by atoms with Gasteiger partial charge in [0.1, 0.15) is 10.8 Å². The molecule has 0 fully saturated rings. The Hall–Kier alpha value is -1.56. The SMILES string of the molecule is CCC[C@@]12CCC(=O)C=C1c1c(cc(OCC(=O)O)c(Cl)c1Cl)C2O. The average Bonchev–Trinajstić information content (AvgIpc) is 2.79. The van der Waals surface area contributed by atoms with Gasteiger partial charge in [0.2, 0.25) is 0 Å². The van der Waals surface area contributed by atoms with Crippen LogP contribution in [0.25, 0.3) is 5.57 Å². The van der Waals surface area contributed by atoms with Crippen LogP contribution in [0.4, 0.5) is 0 Å². The molecule has 1 aromatic carbocycles. The smallest absolute Gasteiger partial charge is 0.341 e. The molecule has 0 bridgehead atoms. The molecule has 7 heteroatoms. The number of carbonyl (C=O) groups excluding carboxylic acids is 1. The number of halogens is 2. The zero-order chi connectivity index (χ0) is 18.4. The van der Waals surface area contributed by atoms with Gasteiger partial charge in [-0.25, -0.2) is 4.79 Å². The van der Waals surface area contributed by atoms with Crippen LogP contribution in [-0.4, -0.2) is 28.6 Å². The van der Waals surface area contributed by atoms with E-state index in [1.807, 2.05) is 6.92 Å². The molecule has 1 unspecified atom stereocenters. The summed E-state index contributed by atoms with van der Waals surface area (Å²) in [5, 5.41) is 20.1. The minimum Gasteiger partial charge on any atom is -0.480 e. The predicted molar refractivity (Wildman–Crippen MR) is 94.1 cm³/mol. The van der Waals surface area contributed by atoms with Crippen LogP contribution in [0.3, 0.4) is 0 Å². The number of rotatable bonds is 5. The molecule has 0 aliphatic heterocycles. The van der Waals surface area contributed by atoms with Crippen molar-refractivity contribution < 1.29 is 24.5 Å². The molecule has 0 amide bonds. The molecule has 3 rings (SSSR count). The summed E-state index contributed by atoms with van der Waals surface area (Å²) in [6, 6.07) is 1.54. The lowest BCUT2D eigenvalue weighted by Crippen LogP contribution is -2.29. The van der Waals surface area contributed by atoms with Crippen molar-refractivity contribution in [2.45, 2.75) is 38.7 Å². The summed E-state index contributed by atoms with van der Waals surface area (Å²) in [6.45, 7) is 1.46. The monoisotopic (exact) mass is 384 g/mol. The fourth-order valence-electron chi connectivity index (χ4n) is 3.96. The Bertz CT molecular complexity index is 786. The molecular formula is C18H18Cl2O5. The number of hydrogen-bond donors (Lipinski definition) is 2. The molecule has 2 N–H and O–H groups in total. The van der Waals surface area contributed by atoms with E-state index in [4.69, 9.17) is 33.0 Å². The summed E-state index contributed by atoms with van der Waals surface area (Å²) in [7, 11) is 0. The Labute approximate surface area is 155 Å². The van der Waals surface area contributed by atoms with Gasteiger partial charge in [-0.1, -0.05) is 36.5 Å². The minimum absolute atomic E-state index is 0.000158. The summed E-state index contributed by atoms with van der Waals surface area (Å²) in [5.74, 6) is -1.03. The first-order valence-corrected chi connectivity index (χ1v) is 8.87. The number of fused-ring (bicyclic) bond motifs is 3. The van der Waals surface area contributed by atoms with Crippen molar-refractivity contribution in [3.05, 3.63) is 33.3 Å². The summed E-state index contributed by atoms with van der Waals surface area (Å²) in [6.07, 6.45) is 3.19. The third-order valence-electron chi connectivity index (χ3n) is 5.00. The Morgan fingerprint density at radius 3 is 2.76 bits per heavy atom. The standard InChI is InChI=1S/C18H18Cl2O5/c1-2-4-18-5-3-9(21)6-11(18)14-10(17(18)24)7-12(15(19)16(14)20)25-8-13(22)23/h6-7,17,24H,2-5,8H2,1H3,(H,22,23)/t17?,18-/m1/s1. The lowest BCUT2D eigenvalue weighted by Gasteiger charge is -2.36. The first-order chi connectivity index (χ1) is 11.8. The Balaban J connectivity index is 2.17. The molecule has 2 aliphatic rings. The van der Waals surface area contributed by atoms with Crippen LogP contribution in [0.1, 0.15) is 49.8 Å². The number of aliphatic hydroxyl groups excluding tert-OH is 1. The molecule has 25 heavy (non-hydrogen) atoms. The molecule has 0 radical (unpaired) electrons. The first kappa shape index (κ1) is 18.2. The largest absolute Gasteiger partial charge is 0.480 e. The number of hydrogen-bond acceptors (Lipinski definition) is 4. The van der Waals surface area contributed by atoms with Gasteiger partial charge in [0.15, 0.2) is 12.4 Å². The molecule has 5 nitrogen and oxygen atoms in total. The highest BCUT2D eigenvalue weighted by Gasteiger charge is 2.51. The van der Waals surface area contributed by atoms with Crippen LogP contribution in [0.5, 0.6) is 5.75 Å². The maximum absolute atomic E-state index is 12.0. The Morgan fingerprint density at radius 1 is 1.40 bits per heavy atom. The van der Waals surface area contributed by atoms with Gasteiger partial charge in [-0.05, 0) is 36.1 Å². The van der Waals surface area contributed by atoms with Gasteiger partial charge in [0, 0.05) is 17.4 Å². The number of aliphatic hydroxyl groups is 1. The molecule has 0 heterocycles. The maximum Gasteiger partial charge on any atom is 0.341 e. The fraction of sp³-hybridized carbons (Fsp3) is 0.444. The van der Waals surface area contributed by atoms with Gasteiger partial charge in [-0.2, -0.15) is 0 Å². The summed E-state index contributed by atoms with van der Waals surface area (Å²) in [5.41, 5.74) is 1.26. The number of carboxylic acids is 1. The van der Waals surface area contributed by atoms with Crippen LogP contribution >= 0.6 is 23.2 Å². The highest BCUT2D eigenvalue weighted by Crippen LogP contribution is 2.63. The summed E-state index contributed by atoms with van der Waals surface area (Å²) in [4.78, 5) is 22.7. The van der Waals surface area contributed by atoms with E-state index in [0.717, 1.165) is 12.0 Å². The van der Waals surface area contributed by atoms with Gasteiger partial charge in [-0.15, -0.1) is 0 Å². The quantitative estimate of drug-likeness (QED) is 0.800. The second-order valence-electron chi connectivity index (χ2n) is 6.48. The number of carbonyl (C=O) groups is 2. The second kappa shape index (κ2) is 6.63. The van der Waals surface area contributed by atoms with Crippen molar-refractivity contribution >= 4 is 40.5 Å². The van der Waals surface area contributed by atoms with Crippen molar-refractivity contribution in [3.8, 4) is 5.75 Å². The number of ketones is 1. The number of benzene rings is 1. The number of ether oxygens (including phenoxy) is 1. The third-order valence-corrected chi connectivity index (χ3v) is 5.85. The molecule has 2 aliphatic carbocycles. The van der Waals surface area contributed by atoms with Crippen molar-refractivity contribution in [2.75, 3.05) is 6.61 Å². The van der Waals surface area contributed by atoms with Crippen LogP contribution < -0.4 is 4.74 Å². The predicted octanol–water partition coefficient (Wildman–Crippen LogP) is 4.04. The Kier molecular flexibility index (Phi) is 4.84. The van der Waals surface area contributed by atoms with Gasteiger partial charge in [0.05, 0.1) is 11.1 Å². The highest BCUT2D eigenvalue weighted by molar-refractivity contribution is 6.44. The maximum atomic E-state index is 12.0.